The largest absolute Gasteiger partial charge is 0.417 e. The number of hydrogen-bond donors (Lipinski definition) is 1. The molecule has 1 heterocycles. The van der Waals surface area contributed by atoms with Crippen LogP contribution in [0, 0.1) is 11.3 Å². The SMILES string of the molecule is C/C=C\C(=C/C(F)=CCC(=O)NC)N1C(=S)N(C2=CC(C(F)(F)F)=C(C#N)C=CC2)C(=O)C1(C)C. The number of nitrogens with zero attached hydrogens (tertiary/aromatic N) is 3. The average molecular weight is 509 g/mol. The van der Waals surface area contributed by atoms with Gasteiger partial charge in [0.15, 0.2) is 5.11 Å². The fraction of sp³-hybridized carbons (Fsp3) is 0.333. The molecular weight excluding hydrogens is 484 g/mol. The van der Waals surface area contributed by atoms with E-state index in [9.17, 15) is 27.2 Å². The maximum absolute atomic E-state index is 14.6. The zero-order chi connectivity index (χ0) is 26.6. The lowest BCUT2D eigenvalue weighted by molar-refractivity contribution is -0.130. The van der Waals surface area contributed by atoms with Gasteiger partial charge in [0, 0.05) is 31.3 Å². The molecule has 1 saturated heterocycles. The van der Waals surface area contributed by atoms with Gasteiger partial charge in [-0.25, -0.2) is 4.39 Å². The second kappa shape index (κ2) is 10.8. The molecule has 0 bridgehead atoms. The van der Waals surface area contributed by atoms with E-state index in [1.807, 2.05) is 0 Å². The van der Waals surface area contributed by atoms with Crippen molar-refractivity contribution < 1.29 is 27.2 Å². The minimum atomic E-state index is -4.83. The van der Waals surface area contributed by atoms with Crippen molar-refractivity contribution in [3.63, 3.8) is 0 Å². The van der Waals surface area contributed by atoms with Crippen LogP contribution >= 0.6 is 12.2 Å². The van der Waals surface area contributed by atoms with E-state index in [0.717, 1.165) is 29.2 Å². The molecule has 186 valence electrons. The Labute approximate surface area is 206 Å². The van der Waals surface area contributed by atoms with Crippen LogP contribution in [0.3, 0.4) is 0 Å². The molecule has 6 nitrogen and oxygen atoms in total. The van der Waals surface area contributed by atoms with Gasteiger partial charge in [-0.3, -0.25) is 14.5 Å². The molecule has 1 fully saturated rings. The first-order valence-corrected chi connectivity index (χ1v) is 10.9. The van der Waals surface area contributed by atoms with Crippen molar-refractivity contribution in [2.45, 2.75) is 45.3 Å². The number of carbonyl (C=O) groups is 2. The van der Waals surface area contributed by atoms with Gasteiger partial charge in [0.05, 0.1) is 17.2 Å². The quantitative estimate of drug-likeness (QED) is 0.315. The van der Waals surface area contributed by atoms with Crippen molar-refractivity contribution in [2.24, 2.45) is 0 Å². The van der Waals surface area contributed by atoms with Gasteiger partial charge in [-0.1, -0.05) is 12.2 Å². The van der Waals surface area contributed by atoms with Gasteiger partial charge in [-0.2, -0.15) is 18.4 Å². The Balaban J connectivity index is 2.59. The number of allylic oxidation sites excluding steroid dienone is 9. The van der Waals surface area contributed by atoms with E-state index in [1.165, 1.54) is 44.0 Å². The normalized spacial score (nSPS) is 19.3. The summed E-state index contributed by atoms with van der Waals surface area (Å²) in [5.74, 6) is -1.78. The first-order chi connectivity index (χ1) is 16.3. The third-order valence-corrected chi connectivity index (χ3v) is 5.60. The molecule has 0 aromatic carbocycles. The molecule has 0 saturated carbocycles. The molecule has 1 N–H and O–H groups in total. The van der Waals surface area contributed by atoms with Crippen LogP contribution < -0.4 is 5.32 Å². The molecule has 0 aromatic heterocycles. The lowest BCUT2D eigenvalue weighted by atomic mass is 10.0. The topological polar surface area (TPSA) is 76.4 Å². The second-order valence-corrected chi connectivity index (χ2v) is 8.40. The highest BCUT2D eigenvalue weighted by atomic mass is 32.1. The Morgan fingerprint density at radius 3 is 2.57 bits per heavy atom. The maximum Gasteiger partial charge on any atom is 0.417 e. The predicted octanol–water partition coefficient (Wildman–Crippen LogP) is 4.87. The lowest BCUT2D eigenvalue weighted by Gasteiger charge is -2.30. The summed E-state index contributed by atoms with van der Waals surface area (Å²) in [7, 11) is 1.41. The highest BCUT2D eigenvalue weighted by Crippen LogP contribution is 2.39. The maximum atomic E-state index is 14.6. The molecule has 1 aliphatic carbocycles. The number of hydrogen-bond acceptors (Lipinski definition) is 4. The van der Waals surface area contributed by atoms with Gasteiger partial charge in [0.2, 0.25) is 5.91 Å². The highest BCUT2D eigenvalue weighted by Gasteiger charge is 2.51. The minimum Gasteiger partial charge on any atom is -0.359 e. The van der Waals surface area contributed by atoms with Crippen molar-refractivity contribution in [3.8, 4) is 6.07 Å². The zero-order valence-corrected chi connectivity index (χ0v) is 20.4. The Bertz CT molecular complexity index is 1150. The molecule has 0 spiro atoms. The van der Waals surface area contributed by atoms with Crippen molar-refractivity contribution in [2.75, 3.05) is 7.05 Å². The van der Waals surface area contributed by atoms with Crippen LogP contribution in [0.5, 0.6) is 0 Å². The van der Waals surface area contributed by atoms with E-state index in [4.69, 9.17) is 17.5 Å². The molecule has 0 aromatic rings. The van der Waals surface area contributed by atoms with Crippen molar-refractivity contribution in [3.05, 3.63) is 70.9 Å². The highest BCUT2D eigenvalue weighted by molar-refractivity contribution is 7.80. The van der Waals surface area contributed by atoms with E-state index < -0.39 is 40.5 Å². The number of nitriles is 1. The van der Waals surface area contributed by atoms with E-state index in [2.05, 4.69) is 5.32 Å². The van der Waals surface area contributed by atoms with Crippen LogP contribution in [-0.2, 0) is 9.59 Å². The summed E-state index contributed by atoms with van der Waals surface area (Å²) in [5, 5.41) is 11.4. The molecule has 0 atom stereocenters. The van der Waals surface area contributed by atoms with Crippen LogP contribution in [0.1, 0.15) is 33.6 Å². The van der Waals surface area contributed by atoms with Crippen LogP contribution in [0.25, 0.3) is 0 Å². The van der Waals surface area contributed by atoms with E-state index in [-0.39, 0.29) is 29.3 Å². The summed E-state index contributed by atoms with van der Waals surface area (Å²) in [6, 6.07) is 1.53. The molecule has 2 rings (SSSR count). The summed E-state index contributed by atoms with van der Waals surface area (Å²) in [6.07, 6.45) is 3.22. The average Bonchev–Trinajstić information content (AvgIpc) is 2.92. The molecular formula is C24H24F4N4O2S. The predicted molar refractivity (Wildman–Crippen MR) is 127 cm³/mol. The van der Waals surface area contributed by atoms with Crippen LogP contribution in [0.4, 0.5) is 17.6 Å². The minimum absolute atomic E-state index is 0.0696. The Kier molecular flexibility index (Phi) is 8.57. The number of halogens is 4. The molecule has 2 aliphatic rings. The molecule has 1 aliphatic heterocycles. The first kappa shape index (κ1) is 27.7. The summed E-state index contributed by atoms with van der Waals surface area (Å²) in [5.41, 5.74) is -3.06. The van der Waals surface area contributed by atoms with E-state index in [0.29, 0.717) is 0 Å². The second-order valence-electron chi connectivity index (χ2n) is 8.03. The third kappa shape index (κ3) is 5.95. The summed E-state index contributed by atoms with van der Waals surface area (Å²) < 4.78 is 55.5. The van der Waals surface area contributed by atoms with Crippen molar-refractivity contribution >= 4 is 29.1 Å². The van der Waals surface area contributed by atoms with Crippen LogP contribution in [-0.4, -0.2) is 45.5 Å². The van der Waals surface area contributed by atoms with Gasteiger partial charge in [-0.15, -0.1) is 0 Å². The molecule has 0 unspecified atom stereocenters. The van der Waals surface area contributed by atoms with Crippen molar-refractivity contribution in [1.29, 1.82) is 5.26 Å². The number of thiocarbonyl (C=S) groups is 1. The number of alkyl halides is 3. The van der Waals surface area contributed by atoms with E-state index in [1.54, 1.807) is 13.0 Å². The Morgan fingerprint density at radius 1 is 1.37 bits per heavy atom. The van der Waals surface area contributed by atoms with Gasteiger partial charge in [0.25, 0.3) is 5.91 Å². The van der Waals surface area contributed by atoms with Gasteiger partial charge in [0.1, 0.15) is 11.4 Å². The summed E-state index contributed by atoms with van der Waals surface area (Å²) in [6.45, 7) is 4.69. The zero-order valence-electron chi connectivity index (χ0n) is 19.5. The monoisotopic (exact) mass is 508 g/mol. The molecule has 35 heavy (non-hydrogen) atoms. The molecule has 11 heteroatoms. The van der Waals surface area contributed by atoms with Crippen LogP contribution in [0.2, 0.25) is 0 Å². The molecule has 0 radical (unpaired) electrons. The number of rotatable bonds is 6. The third-order valence-electron chi connectivity index (χ3n) is 5.24. The lowest BCUT2D eigenvalue weighted by Crippen LogP contribution is -2.43. The number of carbonyl (C=O) groups excluding carboxylic acids is 2. The number of amides is 2. The standard InChI is InChI=1S/C24H24F4N4O2S/c1-5-7-18(12-16(25)10-11-20(33)30-4)32-22(35)31(21(34)23(32,2)3)17-9-6-8-15(14-29)19(13-17)24(26,27)28/h5-8,10,12-13H,9,11H2,1-4H3,(H,30,33)/b7-5-,16-10?,18-12+. The Hall–Kier alpha value is -3.52. The fourth-order valence-corrected chi connectivity index (χ4v) is 4.04. The summed E-state index contributed by atoms with van der Waals surface area (Å²) >= 11 is 5.49. The van der Waals surface area contributed by atoms with Gasteiger partial charge in [-0.05, 0) is 63.4 Å². The number of nitrogens with one attached hydrogen (secondary N) is 1. The van der Waals surface area contributed by atoms with E-state index >= 15 is 0 Å². The van der Waals surface area contributed by atoms with Crippen LogP contribution in [0.15, 0.2) is 70.9 Å². The van der Waals surface area contributed by atoms with Crippen molar-refractivity contribution in [1.82, 2.24) is 15.1 Å². The molecule has 2 amide bonds. The summed E-state index contributed by atoms with van der Waals surface area (Å²) in [4.78, 5) is 27.1. The smallest absolute Gasteiger partial charge is 0.359 e. The fourth-order valence-electron chi connectivity index (χ4n) is 3.51. The van der Waals surface area contributed by atoms with Gasteiger partial charge >= 0.3 is 6.18 Å². The first-order valence-electron chi connectivity index (χ1n) is 10.5. The Morgan fingerprint density at radius 2 is 2.03 bits per heavy atom. The van der Waals surface area contributed by atoms with Gasteiger partial charge < -0.3 is 10.2 Å².